The summed E-state index contributed by atoms with van der Waals surface area (Å²) < 4.78 is 0. The van der Waals surface area contributed by atoms with Gasteiger partial charge >= 0.3 is 0 Å². The summed E-state index contributed by atoms with van der Waals surface area (Å²) in [5.74, 6) is 1.41. The second-order valence-electron chi connectivity index (χ2n) is 7.90. The van der Waals surface area contributed by atoms with E-state index in [2.05, 4.69) is 58.3 Å². The molecule has 148 valence electrons. The van der Waals surface area contributed by atoms with Crippen molar-refractivity contribution in [2.24, 2.45) is 17.6 Å². The molecule has 2 aliphatic heterocycles. The lowest BCUT2D eigenvalue weighted by atomic mass is 9.98. The van der Waals surface area contributed by atoms with Gasteiger partial charge in [-0.15, -0.1) is 12.4 Å². The maximum absolute atomic E-state index is 12.9. The number of benzene rings is 2. The van der Waals surface area contributed by atoms with E-state index in [4.69, 9.17) is 5.73 Å². The van der Waals surface area contributed by atoms with E-state index in [1.165, 1.54) is 27.6 Å². The molecule has 6 heteroatoms. The summed E-state index contributed by atoms with van der Waals surface area (Å²) in [5, 5.41) is 0. The number of carbonyl (C=O) groups excluding carboxylic acids is 1. The van der Waals surface area contributed by atoms with Crippen molar-refractivity contribution in [1.29, 1.82) is 0 Å². The largest absolute Gasteiger partial charge is 0.342 e. The Morgan fingerprint density at radius 2 is 1.64 bits per heavy atom. The maximum atomic E-state index is 12.9. The quantitative estimate of drug-likeness (QED) is 0.812. The lowest BCUT2D eigenvalue weighted by Crippen LogP contribution is -2.35. The first-order chi connectivity index (χ1) is 13.2. The highest BCUT2D eigenvalue weighted by molar-refractivity contribution is 7.99. The van der Waals surface area contributed by atoms with Gasteiger partial charge in [-0.25, -0.2) is 0 Å². The van der Waals surface area contributed by atoms with E-state index < -0.39 is 0 Å². The fourth-order valence-electron chi connectivity index (χ4n) is 4.90. The molecule has 4 nitrogen and oxygen atoms in total. The molecular formula is C22H26ClN3OS. The summed E-state index contributed by atoms with van der Waals surface area (Å²) in [7, 11) is 0. The predicted octanol–water partition coefficient (Wildman–Crippen LogP) is 4.30. The molecule has 0 bridgehead atoms. The number of likely N-dealkylation sites (tertiary alicyclic amines) is 1. The first-order valence-electron chi connectivity index (χ1n) is 9.87. The van der Waals surface area contributed by atoms with Gasteiger partial charge in [0.2, 0.25) is 5.91 Å². The van der Waals surface area contributed by atoms with E-state index in [1.807, 2.05) is 0 Å². The monoisotopic (exact) mass is 415 g/mol. The smallest absolute Gasteiger partial charge is 0.224 e. The zero-order valence-corrected chi connectivity index (χ0v) is 17.4. The Morgan fingerprint density at radius 1 is 1.00 bits per heavy atom. The van der Waals surface area contributed by atoms with Crippen LogP contribution in [0, 0.1) is 11.8 Å². The van der Waals surface area contributed by atoms with Gasteiger partial charge in [-0.3, -0.25) is 4.79 Å². The Bertz CT molecular complexity index is 831. The van der Waals surface area contributed by atoms with E-state index in [1.54, 1.807) is 11.8 Å². The molecule has 0 spiro atoms. The van der Waals surface area contributed by atoms with Crippen molar-refractivity contribution in [3.05, 3.63) is 48.5 Å². The molecule has 1 saturated carbocycles. The number of rotatable bonds is 3. The Labute approximate surface area is 176 Å². The fraction of sp³-hybridized carbons (Fsp3) is 0.409. The molecule has 1 amide bonds. The average molecular weight is 416 g/mol. The maximum Gasteiger partial charge on any atom is 0.224 e. The van der Waals surface area contributed by atoms with Gasteiger partial charge in [0.05, 0.1) is 11.4 Å². The van der Waals surface area contributed by atoms with Crippen LogP contribution in [0.1, 0.15) is 19.3 Å². The Kier molecular flexibility index (Phi) is 5.59. The van der Waals surface area contributed by atoms with Crippen molar-refractivity contribution < 1.29 is 4.79 Å². The second-order valence-corrected chi connectivity index (χ2v) is 8.99. The zero-order valence-electron chi connectivity index (χ0n) is 15.8. The molecule has 2 aromatic carbocycles. The van der Waals surface area contributed by atoms with Crippen LogP contribution in [-0.2, 0) is 4.79 Å². The molecule has 2 aromatic rings. The SMILES string of the molecule is Cl.NC1CCC2CN(C(=O)CCN3c4ccccc4Sc4ccccc43)CC12. The molecule has 0 radical (unpaired) electrons. The van der Waals surface area contributed by atoms with E-state index in [9.17, 15) is 4.79 Å². The van der Waals surface area contributed by atoms with Gasteiger partial charge in [0.15, 0.2) is 0 Å². The van der Waals surface area contributed by atoms with Gasteiger partial charge in [-0.2, -0.15) is 0 Å². The number of nitrogens with zero attached hydrogens (tertiary/aromatic N) is 2. The first kappa shape index (κ1) is 19.6. The third-order valence-electron chi connectivity index (χ3n) is 6.35. The number of hydrogen-bond acceptors (Lipinski definition) is 4. The summed E-state index contributed by atoms with van der Waals surface area (Å²) in [6, 6.07) is 17.2. The third kappa shape index (κ3) is 3.40. The molecule has 3 atom stereocenters. The normalized spacial score (nSPS) is 25.0. The van der Waals surface area contributed by atoms with E-state index >= 15 is 0 Å². The fourth-order valence-corrected chi connectivity index (χ4v) is 5.99. The molecule has 5 rings (SSSR count). The van der Waals surface area contributed by atoms with Crippen molar-refractivity contribution in [2.75, 3.05) is 24.5 Å². The van der Waals surface area contributed by atoms with Gasteiger partial charge in [0.25, 0.3) is 0 Å². The van der Waals surface area contributed by atoms with Gasteiger partial charge in [-0.1, -0.05) is 36.0 Å². The van der Waals surface area contributed by atoms with E-state index in [-0.39, 0.29) is 24.4 Å². The number of halogens is 1. The van der Waals surface area contributed by atoms with Gasteiger partial charge < -0.3 is 15.5 Å². The number of hydrogen-bond donors (Lipinski definition) is 1. The van der Waals surface area contributed by atoms with Gasteiger partial charge in [0.1, 0.15) is 0 Å². The third-order valence-corrected chi connectivity index (χ3v) is 7.48. The van der Waals surface area contributed by atoms with Crippen LogP contribution in [0.3, 0.4) is 0 Å². The lowest BCUT2D eigenvalue weighted by molar-refractivity contribution is -0.130. The average Bonchev–Trinajstić information content (AvgIpc) is 3.27. The summed E-state index contributed by atoms with van der Waals surface area (Å²) in [6.45, 7) is 2.47. The highest BCUT2D eigenvalue weighted by Crippen LogP contribution is 2.47. The van der Waals surface area contributed by atoms with Crippen molar-refractivity contribution >= 4 is 41.5 Å². The predicted molar refractivity (Wildman–Crippen MR) is 117 cm³/mol. The topological polar surface area (TPSA) is 49.6 Å². The highest BCUT2D eigenvalue weighted by Gasteiger charge is 2.42. The molecule has 1 saturated heterocycles. The highest BCUT2D eigenvalue weighted by atomic mass is 35.5. The summed E-state index contributed by atoms with van der Waals surface area (Å²) in [4.78, 5) is 19.8. The van der Waals surface area contributed by atoms with Crippen molar-refractivity contribution in [3.63, 3.8) is 0 Å². The van der Waals surface area contributed by atoms with Crippen molar-refractivity contribution in [1.82, 2.24) is 4.90 Å². The molecule has 0 aromatic heterocycles. The Hall–Kier alpha value is -1.69. The van der Waals surface area contributed by atoms with Crippen LogP contribution in [0.25, 0.3) is 0 Å². The number of anilines is 2. The van der Waals surface area contributed by atoms with E-state index in [0.29, 0.717) is 24.8 Å². The Balaban J connectivity index is 0.00000192. The van der Waals surface area contributed by atoms with Crippen LogP contribution >= 0.6 is 24.2 Å². The van der Waals surface area contributed by atoms with Gasteiger partial charge in [0, 0.05) is 41.9 Å². The van der Waals surface area contributed by atoms with Gasteiger partial charge in [-0.05, 0) is 48.9 Å². The van der Waals surface area contributed by atoms with Crippen molar-refractivity contribution in [3.8, 4) is 0 Å². The molecule has 2 fully saturated rings. The van der Waals surface area contributed by atoms with Crippen LogP contribution in [0.15, 0.2) is 58.3 Å². The van der Waals surface area contributed by atoms with Crippen LogP contribution < -0.4 is 10.6 Å². The lowest BCUT2D eigenvalue weighted by Gasteiger charge is -2.33. The van der Waals surface area contributed by atoms with Crippen LogP contribution in [0.5, 0.6) is 0 Å². The number of fused-ring (bicyclic) bond motifs is 3. The second kappa shape index (κ2) is 7.97. The van der Waals surface area contributed by atoms with Crippen molar-refractivity contribution in [2.45, 2.75) is 35.1 Å². The molecule has 2 heterocycles. The minimum Gasteiger partial charge on any atom is -0.342 e. The molecule has 3 unspecified atom stereocenters. The van der Waals surface area contributed by atoms with Crippen LogP contribution in [0.2, 0.25) is 0 Å². The molecule has 2 N–H and O–H groups in total. The number of para-hydroxylation sites is 2. The minimum absolute atomic E-state index is 0. The van der Waals surface area contributed by atoms with E-state index in [0.717, 1.165) is 19.5 Å². The van der Waals surface area contributed by atoms with Crippen LogP contribution in [0.4, 0.5) is 11.4 Å². The Morgan fingerprint density at radius 3 is 2.29 bits per heavy atom. The molecule has 1 aliphatic carbocycles. The molecular weight excluding hydrogens is 390 g/mol. The first-order valence-corrected chi connectivity index (χ1v) is 10.7. The molecule has 3 aliphatic rings. The number of amides is 1. The number of nitrogens with two attached hydrogens (primary N) is 1. The van der Waals surface area contributed by atoms with Crippen LogP contribution in [-0.4, -0.2) is 36.5 Å². The zero-order chi connectivity index (χ0) is 18.4. The summed E-state index contributed by atoms with van der Waals surface area (Å²) in [6.07, 6.45) is 2.85. The minimum atomic E-state index is 0. The molecule has 28 heavy (non-hydrogen) atoms. The number of carbonyl (C=O) groups is 1. The summed E-state index contributed by atoms with van der Waals surface area (Å²) >= 11 is 1.81. The standard InChI is InChI=1S/C22H25N3OS.ClH/c23-17-10-9-15-13-24(14-16(15)17)22(26)11-12-25-18-5-1-3-7-20(18)27-21-8-4-2-6-19(21)25;/h1-8,15-17H,9-14,23H2;1H. The summed E-state index contributed by atoms with van der Waals surface area (Å²) in [5.41, 5.74) is 8.64.